The van der Waals surface area contributed by atoms with E-state index in [0.717, 1.165) is 23.5 Å². The lowest BCUT2D eigenvalue weighted by Crippen LogP contribution is -2.26. The smallest absolute Gasteiger partial charge is 0.335 e. The van der Waals surface area contributed by atoms with Gasteiger partial charge in [0.2, 0.25) is 11.2 Å². The van der Waals surface area contributed by atoms with Gasteiger partial charge in [0.15, 0.2) is 26.5 Å². The number of carbonyl (C=O) groups excluding carboxylic acids is 1. The minimum atomic E-state index is -3.47. The Morgan fingerprint density at radius 2 is 1.73 bits per heavy atom. The van der Waals surface area contributed by atoms with Crippen molar-refractivity contribution in [3.63, 3.8) is 0 Å². The number of amides is 1. The number of anilines is 1. The molecule has 0 radical (unpaired) electrons. The molecule has 206 valence electrons. The van der Waals surface area contributed by atoms with E-state index in [-0.39, 0.29) is 32.0 Å². The third-order valence-corrected chi connectivity index (χ3v) is 8.95. The van der Waals surface area contributed by atoms with E-state index in [1.54, 1.807) is 0 Å². The lowest BCUT2D eigenvalue weighted by atomic mass is 10.1. The molecule has 0 saturated heterocycles. The standard InChI is InChI=1S/C27H20F2N2O7S2/c28-17-5-12-22(21(29)13-17)38-24(15-3-8-19(9-4-15)40(35,36)20-10-11-20)25(32)31-27-30-14-23(39-27)37-18-6-1-16(2-7-18)26(33)34/h1-9,12-14,20,24H,10-11H2,(H,33,34)(H,30,31,32)/t24-/m1/s1. The van der Waals surface area contributed by atoms with Gasteiger partial charge in [-0.1, -0.05) is 23.5 Å². The summed E-state index contributed by atoms with van der Waals surface area (Å²) in [5.74, 6) is -3.72. The average Bonchev–Trinajstić information content (AvgIpc) is 3.70. The van der Waals surface area contributed by atoms with Gasteiger partial charge in [-0.2, -0.15) is 0 Å². The van der Waals surface area contributed by atoms with Gasteiger partial charge in [-0.05, 0) is 61.4 Å². The van der Waals surface area contributed by atoms with Gasteiger partial charge < -0.3 is 14.6 Å². The first-order valence-corrected chi connectivity index (χ1v) is 14.2. The first-order valence-electron chi connectivity index (χ1n) is 11.8. The van der Waals surface area contributed by atoms with Gasteiger partial charge in [0.25, 0.3) is 5.91 Å². The van der Waals surface area contributed by atoms with E-state index in [9.17, 15) is 26.8 Å². The fraction of sp³-hybridized carbons (Fsp3) is 0.148. The number of ether oxygens (including phenoxy) is 2. The molecule has 1 aromatic heterocycles. The molecule has 0 unspecified atom stereocenters. The number of hydrogen-bond donors (Lipinski definition) is 2. The van der Waals surface area contributed by atoms with Crippen LogP contribution in [0.15, 0.2) is 77.8 Å². The number of aromatic nitrogens is 1. The lowest BCUT2D eigenvalue weighted by molar-refractivity contribution is -0.123. The molecule has 9 nitrogen and oxygen atoms in total. The van der Waals surface area contributed by atoms with Gasteiger partial charge in [0.1, 0.15) is 11.6 Å². The molecular formula is C27H20F2N2O7S2. The molecule has 40 heavy (non-hydrogen) atoms. The van der Waals surface area contributed by atoms with Crippen LogP contribution in [0.3, 0.4) is 0 Å². The predicted molar refractivity (Wildman–Crippen MR) is 141 cm³/mol. The normalized spacial score (nSPS) is 13.8. The number of thiazole rings is 1. The third-order valence-electron chi connectivity index (χ3n) is 5.89. The molecule has 0 spiro atoms. The largest absolute Gasteiger partial charge is 0.478 e. The van der Waals surface area contributed by atoms with Crippen LogP contribution in [-0.2, 0) is 14.6 Å². The SMILES string of the molecule is O=C(O)c1ccc(Oc2cnc(NC(=O)[C@H](Oc3ccc(F)cc3F)c3ccc(S(=O)(=O)C4CC4)cc3)s2)cc1. The summed E-state index contributed by atoms with van der Waals surface area (Å²) < 4.78 is 64.2. The second-order valence-corrected chi connectivity index (χ2v) is 12.0. The lowest BCUT2D eigenvalue weighted by Gasteiger charge is -2.19. The number of carboxylic acids is 1. The second kappa shape index (κ2) is 11.0. The molecule has 13 heteroatoms. The molecule has 1 saturated carbocycles. The van der Waals surface area contributed by atoms with E-state index in [4.69, 9.17) is 14.6 Å². The number of carboxylic acid groups (broad SMARTS) is 1. The molecule has 1 fully saturated rings. The van der Waals surface area contributed by atoms with E-state index in [1.165, 1.54) is 54.7 Å². The molecule has 3 aromatic carbocycles. The van der Waals surface area contributed by atoms with Crippen molar-refractivity contribution in [2.24, 2.45) is 0 Å². The van der Waals surface area contributed by atoms with Crippen LogP contribution in [0.4, 0.5) is 13.9 Å². The van der Waals surface area contributed by atoms with Crippen molar-refractivity contribution in [2.45, 2.75) is 29.1 Å². The highest BCUT2D eigenvalue weighted by Gasteiger charge is 2.37. The average molecular weight is 587 g/mol. The number of hydrogen-bond acceptors (Lipinski definition) is 8. The number of halogens is 2. The first-order chi connectivity index (χ1) is 19.1. The van der Waals surface area contributed by atoms with Crippen molar-refractivity contribution in [3.8, 4) is 16.6 Å². The van der Waals surface area contributed by atoms with E-state index >= 15 is 0 Å². The maximum absolute atomic E-state index is 14.4. The van der Waals surface area contributed by atoms with Crippen molar-refractivity contribution < 1.29 is 41.4 Å². The summed E-state index contributed by atoms with van der Waals surface area (Å²) in [6, 6.07) is 13.8. The van der Waals surface area contributed by atoms with E-state index in [0.29, 0.717) is 24.7 Å². The molecule has 1 aliphatic carbocycles. The number of benzene rings is 3. The van der Waals surface area contributed by atoms with Crippen molar-refractivity contribution in [1.82, 2.24) is 4.98 Å². The second-order valence-electron chi connectivity index (χ2n) is 8.79. The van der Waals surface area contributed by atoms with Crippen LogP contribution >= 0.6 is 11.3 Å². The Hall–Kier alpha value is -4.36. The molecule has 1 aliphatic rings. The number of aromatic carboxylic acids is 1. The van der Waals surface area contributed by atoms with Crippen LogP contribution in [0.2, 0.25) is 0 Å². The summed E-state index contributed by atoms with van der Waals surface area (Å²) in [4.78, 5) is 28.5. The number of sulfone groups is 1. The molecule has 1 heterocycles. The number of carbonyl (C=O) groups is 2. The van der Waals surface area contributed by atoms with Crippen LogP contribution in [0.1, 0.15) is 34.9 Å². The summed E-state index contributed by atoms with van der Waals surface area (Å²) in [7, 11) is -3.47. The minimum Gasteiger partial charge on any atom is -0.478 e. The van der Waals surface area contributed by atoms with Crippen LogP contribution < -0.4 is 14.8 Å². The summed E-state index contributed by atoms with van der Waals surface area (Å²) in [5.41, 5.74) is 0.314. The van der Waals surface area contributed by atoms with Gasteiger partial charge in [-0.3, -0.25) is 10.1 Å². The van der Waals surface area contributed by atoms with Crippen LogP contribution in [0.25, 0.3) is 0 Å². The Bertz CT molecular complexity index is 1670. The van der Waals surface area contributed by atoms with Gasteiger partial charge in [0.05, 0.1) is 21.9 Å². The fourth-order valence-corrected chi connectivity index (χ4v) is 6.04. The fourth-order valence-electron chi connectivity index (χ4n) is 3.69. The quantitative estimate of drug-likeness (QED) is 0.245. The molecule has 1 amide bonds. The number of nitrogens with one attached hydrogen (secondary N) is 1. The van der Waals surface area contributed by atoms with Crippen LogP contribution in [0.5, 0.6) is 16.6 Å². The molecule has 2 N–H and O–H groups in total. The Balaban J connectivity index is 1.36. The summed E-state index contributed by atoms with van der Waals surface area (Å²) >= 11 is 0.966. The zero-order valence-electron chi connectivity index (χ0n) is 20.4. The maximum atomic E-state index is 14.4. The molecule has 0 bridgehead atoms. The van der Waals surface area contributed by atoms with Crippen LogP contribution in [0, 0.1) is 11.6 Å². The Labute approximate surface area is 230 Å². The highest BCUT2D eigenvalue weighted by Crippen LogP contribution is 2.35. The molecule has 5 rings (SSSR count). The Morgan fingerprint density at radius 1 is 1.02 bits per heavy atom. The van der Waals surface area contributed by atoms with E-state index in [2.05, 4.69) is 10.3 Å². The summed E-state index contributed by atoms with van der Waals surface area (Å²) in [6.45, 7) is 0. The van der Waals surface area contributed by atoms with Crippen LogP contribution in [-0.4, -0.2) is 35.6 Å². The van der Waals surface area contributed by atoms with Gasteiger partial charge in [-0.25, -0.2) is 27.0 Å². The van der Waals surface area contributed by atoms with Gasteiger partial charge >= 0.3 is 5.97 Å². The molecule has 1 atom stereocenters. The van der Waals surface area contributed by atoms with Crippen molar-refractivity contribution >= 4 is 38.2 Å². The monoisotopic (exact) mass is 586 g/mol. The Kier molecular flexibility index (Phi) is 7.50. The van der Waals surface area contributed by atoms with Gasteiger partial charge in [-0.15, -0.1) is 0 Å². The Morgan fingerprint density at radius 3 is 2.35 bits per heavy atom. The highest BCUT2D eigenvalue weighted by molar-refractivity contribution is 7.92. The van der Waals surface area contributed by atoms with Crippen molar-refractivity contribution in [3.05, 3.63) is 95.7 Å². The molecule has 4 aromatic rings. The van der Waals surface area contributed by atoms with E-state index in [1.807, 2.05) is 0 Å². The molecular weight excluding hydrogens is 566 g/mol. The summed E-state index contributed by atoms with van der Waals surface area (Å²) in [5, 5.41) is 11.6. The van der Waals surface area contributed by atoms with Gasteiger partial charge in [0, 0.05) is 11.6 Å². The number of rotatable bonds is 10. The first kappa shape index (κ1) is 27.2. The maximum Gasteiger partial charge on any atom is 0.335 e. The van der Waals surface area contributed by atoms with E-state index < -0.39 is 44.7 Å². The van der Waals surface area contributed by atoms with Crippen molar-refractivity contribution in [2.75, 3.05) is 5.32 Å². The zero-order chi connectivity index (χ0) is 28.4. The minimum absolute atomic E-state index is 0.0893. The third kappa shape index (κ3) is 6.10. The predicted octanol–water partition coefficient (Wildman–Crippen LogP) is 5.61. The molecule has 0 aliphatic heterocycles. The number of nitrogens with zero attached hydrogens (tertiary/aromatic N) is 1. The topological polar surface area (TPSA) is 132 Å². The van der Waals surface area contributed by atoms with Crippen molar-refractivity contribution in [1.29, 1.82) is 0 Å². The highest BCUT2D eigenvalue weighted by atomic mass is 32.2. The summed E-state index contributed by atoms with van der Waals surface area (Å²) in [6.07, 6.45) is 1.08. The zero-order valence-corrected chi connectivity index (χ0v) is 22.0.